The van der Waals surface area contributed by atoms with Gasteiger partial charge in [0.15, 0.2) is 5.82 Å². The highest BCUT2D eigenvalue weighted by Gasteiger charge is 2.23. The van der Waals surface area contributed by atoms with Gasteiger partial charge in [-0.25, -0.2) is 13.2 Å². The third kappa shape index (κ3) is 2.97. The third-order valence-electron chi connectivity index (χ3n) is 1.49. The van der Waals surface area contributed by atoms with E-state index in [9.17, 15) is 17.6 Å². The summed E-state index contributed by atoms with van der Waals surface area (Å²) in [5.41, 5.74) is 0. The summed E-state index contributed by atoms with van der Waals surface area (Å²) in [6.45, 7) is 0. The highest BCUT2D eigenvalue weighted by Crippen LogP contribution is 2.20. The molecule has 15 heavy (non-hydrogen) atoms. The number of nitrogens with one attached hydrogen (secondary N) is 1. The summed E-state index contributed by atoms with van der Waals surface area (Å²) in [4.78, 5) is 3.43. The van der Waals surface area contributed by atoms with Crippen LogP contribution in [0.1, 0.15) is 0 Å². The Morgan fingerprint density at radius 3 is 2.53 bits per heavy atom. The topological polar surface area (TPSA) is 34.1 Å². The number of aromatic nitrogens is 1. The molecule has 0 fully saturated rings. The molecule has 1 unspecified atom stereocenters. The Hall–Kier alpha value is -1.53. The molecule has 1 aromatic heterocycles. The number of anilines is 1. The number of alkyl halides is 3. The second-order valence-corrected chi connectivity index (χ2v) is 2.54. The second kappa shape index (κ2) is 4.81. The van der Waals surface area contributed by atoms with E-state index in [1.807, 2.05) is 0 Å². The molecule has 0 bridgehead atoms. The molecule has 3 nitrogen and oxygen atoms in total. The van der Waals surface area contributed by atoms with Gasteiger partial charge < -0.3 is 10.1 Å². The quantitative estimate of drug-likeness (QED) is 0.796. The van der Waals surface area contributed by atoms with Crippen LogP contribution in [0.2, 0.25) is 0 Å². The molecule has 1 aromatic rings. The van der Waals surface area contributed by atoms with E-state index in [4.69, 9.17) is 0 Å². The summed E-state index contributed by atoms with van der Waals surface area (Å²) in [7, 11) is 1.49. The molecule has 7 heteroatoms. The van der Waals surface area contributed by atoms with Crippen molar-refractivity contribution in [2.24, 2.45) is 0 Å². The Morgan fingerprint density at radius 1 is 1.33 bits per heavy atom. The first-order valence-electron chi connectivity index (χ1n) is 3.97. The minimum atomic E-state index is -3.34. The Kier molecular flexibility index (Phi) is 3.70. The van der Waals surface area contributed by atoms with Crippen LogP contribution < -0.4 is 10.1 Å². The normalized spacial score (nSPS) is 12.7. The minimum absolute atomic E-state index is 0.188. The van der Waals surface area contributed by atoms with Gasteiger partial charge in [-0.2, -0.15) is 9.37 Å². The zero-order valence-corrected chi connectivity index (χ0v) is 7.68. The summed E-state index contributed by atoms with van der Waals surface area (Å²) in [5, 5.41) is 2.53. The summed E-state index contributed by atoms with van der Waals surface area (Å²) in [6, 6.07) is 2.20. The Balaban J connectivity index is 2.83. The standard InChI is InChI=1S/C8H8F4N2O/c1-13-5-3-2-4(9)8(14-5)15-7(12)6(10)11/h2-3,6-7H,1H3,(H,13,14). The van der Waals surface area contributed by atoms with Crippen molar-refractivity contribution in [3.05, 3.63) is 17.9 Å². The van der Waals surface area contributed by atoms with Crippen molar-refractivity contribution in [1.82, 2.24) is 4.98 Å². The number of pyridine rings is 1. The number of hydrogen-bond donors (Lipinski definition) is 1. The largest absolute Gasteiger partial charge is 0.435 e. The molecule has 1 atom stereocenters. The lowest BCUT2D eigenvalue weighted by atomic mass is 10.4. The first-order chi connectivity index (χ1) is 7.04. The van der Waals surface area contributed by atoms with Gasteiger partial charge >= 0.3 is 6.43 Å². The van der Waals surface area contributed by atoms with E-state index in [1.165, 1.54) is 13.1 Å². The van der Waals surface area contributed by atoms with Crippen LogP contribution in [0.3, 0.4) is 0 Å². The molecule has 1 rings (SSSR count). The van der Waals surface area contributed by atoms with Crippen molar-refractivity contribution in [2.75, 3.05) is 12.4 Å². The number of rotatable bonds is 4. The Morgan fingerprint density at radius 2 is 2.00 bits per heavy atom. The second-order valence-electron chi connectivity index (χ2n) is 2.54. The van der Waals surface area contributed by atoms with Crippen LogP contribution in [-0.4, -0.2) is 24.8 Å². The number of hydrogen-bond acceptors (Lipinski definition) is 3. The molecule has 0 aromatic carbocycles. The van der Waals surface area contributed by atoms with Gasteiger partial charge in [-0.15, -0.1) is 0 Å². The van der Waals surface area contributed by atoms with Crippen LogP contribution in [0.15, 0.2) is 12.1 Å². The van der Waals surface area contributed by atoms with Gasteiger partial charge in [0, 0.05) is 7.05 Å². The summed E-state index contributed by atoms with van der Waals surface area (Å²) in [5.74, 6) is -1.61. The SMILES string of the molecule is CNc1ccc(F)c(OC(F)C(F)F)n1. The summed E-state index contributed by atoms with van der Waals surface area (Å²) < 4.78 is 52.9. The summed E-state index contributed by atoms with van der Waals surface area (Å²) >= 11 is 0. The molecule has 0 aliphatic rings. The van der Waals surface area contributed by atoms with Crippen LogP contribution >= 0.6 is 0 Å². The predicted molar refractivity (Wildman–Crippen MR) is 45.3 cm³/mol. The maximum absolute atomic E-state index is 12.9. The molecule has 1 heterocycles. The zero-order chi connectivity index (χ0) is 11.4. The van der Waals surface area contributed by atoms with Gasteiger partial charge in [0.25, 0.3) is 12.2 Å². The van der Waals surface area contributed by atoms with Crippen molar-refractivity contribution in [1.29, 1.82) is 0 Å². The molecule has 0 radical (unpaired) electrons. The lowest BCUT2D eigenvalue weighted by Crippen LogP contribution is -2.20. The molecule has 84 valence electrons. The fourth-order valence-corrected chi connectivity index (χ4v) is 0.803. The fraction of sp³-hybridized carbons (Fsp3) is 0.375. The van der Waals surface area contributed by atoms with Crippen molar-refractivity contribution in [3.63, 3.8) is 0 Å². The highest BCUT2D eigenvalue weighted by molar-refractivity contribution is 5.36. The minimum Gasteiger partial charge on any atom is -0.435 e. The Bertz CT molecular complexity index is 334. The molecule has 0 spiro atoms. The van der Waals surface area contributed by atoms with Crippen LogP contribution in [0, 0.1) is 5.82 Å². The van der Waals surface area contributed by atoms with E-state index in [-0.39, 0.29) is 5.82 Å². The maximum Gasteiger partial charge on any atom is 0.304 e. The fourth-order valence-electron chi connectivity index (χ4n) is 0.803. The lowest BCUT2D eigenvalue weighted by molar-refractivity contribution is -0.0706. The molecular formula is C8H8F4N2O. The van der Waals surface area contributed by atoms with Gasteiger partial charge in [0.05, 0.1) is 0 Å². The number of nitrogens with zero attached hydrogens (tertiary/aromatic N) is 1. The zero-order valence-electron chi connectivity index (χ0n) is 7.68. The van der Waals surface area contributed by atoms with Crippen LogP contribution in [0.25, 0.3) is 0 Å². The lowest BCUT2D eigenvalue weighted by Gasteiger charge is -2.10. The van der Waals surface area contributed by atoms with Gasteiger partial charge in [0.1, 0.15) is 5.82 Å². The van der Waals surface area contributed by atoms with E-state index in [2.05, 4.69) is 15.0 Å². The smallest absolute Gasteiger partial charge is 0.304 e. The van der Waals surface area contributed by atoms with Gasteiger partial charge in [-0.3, -0.25) is 0 Å². The van der Waals surface area contributed by atoms with E-state index in [0.717, 1.165) is 6.07 Å². The molecular weight excluding hydrogens is 216 g/mol. The van der Waals surface area contributed by atoms with Crippen molar-refractivity contribution in [2.45, 2.75) is 12.8 Å². The van der Waals surface area contributed by atoms with E-state index in [1.54, 1.807) is 0 Å². The first kappa shape index (κ1) is 11.5. The van der Waals surface area contributed by atoms with Crippen molar-refractivity contribution in [3.8, 4) is 5.88 Å². The molecule has 1 N–H and O–H groups in total. The third-order valence-corrected chi connectivity index (χ3v) is 1.49. The van der Waals surface area contributed by atoms with E-state index < -0.39 is 24.5 Å². The molecule has 0 aliphatic heterocycles. The van der Waals surface area contributed by atoms with Crippen LogP contribution in [0.4, 0.5) is 23.4 Å². The number of ether oxygens (including phenoxy) is 1. The van der Waals surface area contributed by atoms with Crippen LogP contribution in [-0.2, 0) is 0 Å². The van der Waals surface area contributed by atoms with Gasteiger partial charge in [-0.05, 0) is 12.1 Å². The van der Waals surface area contributed by atoms with Crippen molar-refractivity contribution >= 4 is 5.82 Å². The summed E-state index contributed by atoms with van der Waals surface area (Å²) in [6.07, 6.45) is -6.23. The molecule has 0 saturated carbocycles. The molecule has 0 saturated heterocycles. The Labute approximate surface area is 83.1 Å². The average Bonchev–Trinajstić information content (AvgIpc) is 2.21. The highest BCUT2D eigenvalue weighted by atomic mass is 19.3. The molecule has 0 aliphatic carbocycles. The predicted octanol–water partition coefficient (Wildman–Crippen LogP) is 2.20. The average molecular weight is 224 g/mol. The van der Waals surface area contributed by atoms with E-state index in [0.29, 0.717) is 0 Å². The number of halogens is 4. The first-order valence-corrected chi connectivity index (χ1v) is 3.97. The van der Waals surface area contributed by atoms with Crippen LogP contribution in [0.5, 0.6) is 5.88 Å². The molecule has 0 amide bonds. The van der Waals surface area contributed by atoms with Crippen molar-refractivity contribution < 1.29 is 22.3 Å². The van der Waals surface area contributed by atoms with E-state index >= 15 is 0 Å². The van der Waals surface area contributed by atoms with Gasteiger partial charge in [0.2, 0.25) is 0 Å². The van der Waals surface area contributed by atoms with Gasteiger partial charge in [-0.1, -0.05) is 0 Å². The monoisotopic (exact) mass is 224 g/mol. The maximum atomic E-state index is 12.9.